The van der Waals surface area contributed by atoms with Gasteiger partial charge in [-0.05, 0) is 82.1 Å². The number of allylic oxidation sites excluding steroid dienone is 3. The Kier molecular flexibility index (Phi) is 8.84. The molecular weight excluding hydrogens is 623 g/mol. The fourth-order valence-electron chi connectivity index (χ4n) is 6.94. The number of aromatic nitrogens is 1. The molecule has 0 radical (unpaired) electrons. The number of fused-ring (bicyclic) bond motifs is 1. The summed E-state index contributed by atoms with van der Waals surface area (Å²) in [4.78, 5) is 16.9. The Bertz CT molecular complexity index is 2320. The van der Waals surface area contributed by atoms with E-state index in [4.69, 9.17) is 9.98 Å². The highest BCUT2D eigenvalue weighted by Gasteiger charge is 2.23. The first-order valence-corrected chi connectivity index (χ1v) is 17.3. The fourth-order valence-corrected chi connectivity index (χ4v) is 6.94. The third kappa shape index (κ3) is 6.75. The van der Waals surface area contributed by atoms with Crippen LogP contribution in [0, 0.1) is 5.41 Å². The van der Waals surface area contributed by atoms with Gasteiger partial charge in [-0.3, -0.25) is 20.4 Å². The van der Waals surface area contributed by atoms with Crippen LogP contribution >= 0.6 is 0 Å². The number of pyridine rings is 1. The number of hydrogen-bond acceptors (Lipinski definition) is 5. The van der Waals surface area contributed by atoms with E-state index < -0.39 is 0 Å². The summed E-state index contributed by atoms with van der Waals surface area (Å²) in [5.41, 5.74) is 14.0. The zero-order valence-electron chi connectivity index (χ0n) is 28.4. The maximum atomic E-state index is 9.30. The van der Waals surface area contributed by atoms with Crippen LogP contribution in [0.2, 0.25) is 0 Å². The van der Waals surface area contributed by atoms with Crippen molar-refractivity contribution in [3.8, 4) is 22.4 Å². The summed E-state index contributed by atoms with van der Waals surface area (Å²) in [5.74, 6) is 0. The smallest absolute Gasteiger partial charge is 0.146 e. The van der Waals surface area contributed by atoms with Gasteiger partial charge in [0.1, 0.15) is 6.17 Å². The molecule has 5 nitrogen and oxygen atoms in total. The van der Waals surface area contributed by atoms with Crippen LogP contribution in [-0.4, -0.2) is 35.1 Å². The molecule has 0 saturated heterocycles. The molecule has 0 bridgehead atoms. The summed E-state index contributed by atoms with van der Waals surface area (Å²) >= 11 is 0. The van der Waals surface area contributed by atoms with Gasteiger partial charge in [0.15, 0.2) is 0 Å². The summed E-state index contributed by atoms with van der Waals surface area (Å²) in [7, 11) is 2.08. The molecule has 1 aliphatic heterocycles. The van der Waals surface area contributed by atoms with Crippen molar-refractivity contribution in [1.82, 2.24) is 9.88 Å². The molecule has 0 spiro atoms. The van der Waals surface area contributed by atoms with E-state index in [-0.39, 0.29) is 6.17 Å². The van der Waals surface area contributed by atoms with Crippen molar-refractivity contribution in [2.75, 3.05) is 7.05 Å². The lowest BCUT2D eigenvalue weighted by Crippen LogP contribution is -2.21. The van der Waals surface area contributed by atoms with E-state index in [0.717, 1.165) is 79.9 Å². The van der Waals surface area contributed by atoms with E-state index in [9.17, 15) is 5.41 Å². The molecule has 246 valence electrons. The predicted octanol–water partition coefficient (Wildman–Crippen LogP) is 10.3. The average Bonchev–Trinajstić information content (AvgIpc) is 3.20. The standard InChI is InChI=1S/C46H37N5/c1-51-31-40(33-12-4-2-5-13-33)30-50-46(51)39-27-32(26-38(28-39)34-19-21-36(22-20-34)42-18-10-11-25-48-42)29-49-43-24-23-35-14-8-9-17-41(35)44(43)45(47)37-15-6-3-7-16-37/h2-22,25-31,46-47H,23-24H2,1H3/t46-/m0/s1. The van der Waals surface area contributed by atoms with Crippen molar-refractivity contribution in [3.05, 3.63) is 197 Å². The topological polar surface area (TPSA) is 64.7 Å². The molecule has 1 atom stereocenters. The Morgan fingerprint density at radius 1 is 0.725 bits per heavy atom. The maximum Gasteiger partial charge on any atom is 0.146 e. The molecule has 6 aromatic rings. The van der Waals surface area contributed by atoms with Crippen LogP contribution in [-0.2, 0) is 6.42 Å². The van der Waals surface area contributed by atoms with Crippen molar-refractivity contribution in [3.63, 3.8) is 0 Å². The largest absolute Gasteiger partial charge is 0.355 e. The molecule has 2 heterocycles. The molecule has 1 aromatic heterocycles. The van der Waals surface area contributed by atoms with Gasteiger partial charge in [0.05, 0.1) is 17.1 Å². The van der Waals surface area contributed by atoms with Crippen molar-refractivity contribution in [2.45, 2.75) is 19.0 Å². The molecule has 0 fully saturated rings. The van der Waals surface area contributed by atoms with Gasteiger partial charge in [-0.1, -0.05) is 115 Å². The zero-order valence-corrected chi connectivity index (χ0v) is 28.4. The highest BCUT2D eigenvalue weighted by Crippen LogP contribution is 2.36. The molecule has 8 rings (SSSR count). The highest BCUT2D eigenvalue weighted by atomic mass is 15.2. The number of hydrogen-bond donors (Lipinski definition) is 1. The number of rotatable bonds is 8. The molecule has 2 aliphatic rings. The van der Waals surface area contributed by atoms with Crippen LogP contribution in [0.15, 0.2) is 174 Å². The maximum absolute atomic E-state index is 9.30. The van der Waals surface area contributed by atoms with Gasteiger partial charge in [0, 0.05) is 54.1 Å². The average molecular weight is 660 g/mol. The summed E-state index contributed by atoms with van der Waals surface area (Å²) in [5, 5.41) is 9.30. The highest BCUT2D eigenvalue weighted by molar-refractivity contribution is 6.31. The van der Waals surface area contributed by atoms with Gasteiger partial charge in [-0.25, -0.2) is 0 Å². The summed E-state index contributed by atoms with van der Waals surface area (Å²) in [6.07, 6.45) is 9.40. The second kappa shape index (κ2) is 14.2. The van der Waals surface area contributed by atoms with E-state index in [1.807, 2.05) is 73.2 Å². The molecule has 1 N–H and O–H groups in total. The molecule has 1 aliphatic carbocycles. The van der Waals surface area contributed by atoms with Crippen molar-refractivity contribution in [2.24, 2.45) is 9.98 Å². The number of nitrogens with zero attached hydrogens (tertiary/aromatic N) is 4. The molecule has 51 heavy (non-hydrogen) atoms. The Morgan fingerprint density at radius 3 is 2.22 bits per heavy atom. The van der Waals surface area contributed by atoms with Gasteiger partial charge in [-0.2, -0.15) is 0 Å². The lowest BCUT2D eigenvalue weighted by atomic mass is 9.84. The van der Waals surface area contributed by atoms with Gasteiger partial charge >= 0.3 is 0 Å². The summed E-state index contributed by atoms with van der Waals surface area (Å²) < 4.78 is 0. The predicted molar refractivity (Wildman–Crippen MR) is 211 cm³/mol. The SMILES string of the molecule is CN1C=C(c2ccccc2)C=N[C@@H]1c1cc(C=NC2=C(C(=N)c3ccccc3)c3ccccc3CC2)cc(-c2ccc(-c3ccccn3)cc2)c1. The zero-order chi connectivity index (χ0) is 34.6. The van der Waals surface area contributed by atoms with Gasteiger partial charge in [-0.15, -0.1) is 0 Å². The van der Waals surface area contributed by atoms with Gasteiger partial charge in [0.2, 0.25) is 0 Å². The Morgan fingerprint density at radius 2 is 1.45 bits per heavy atom. The Labute approximate surface area is 299 Å². The van der Waals surface area contributed by atoms with Gasteiger partial charge < -0.3 is 4.90 Å². The normalized spacial score (nSPS) is 15.5. The number of aliphatic imine (C=N–C) groups is 2. The first-order valence-electron chi connectivity index (χ1n) is 17.3. The van der Waals surface area contributed by atoms with Crippen LogP contribution < -0.4 is 0 Å². The molecule has 0 amide bonds. The second-order valence-electron chi connectivity index (χ2n) is 12.9. The fraction of sp³-hybridized carbons (Fsp3) is 0.0870. The number of nitrogens with one attached hydrogen (secondary N) is 1. The molecule has 5 heteroatoms. The molecule has 5 aromatic carbocycles. The third-order valence-electron chi connectivity index (χ3n) is 9.53. The van der Waals surface area contributed by atoms with Crippen LogP contribution in [0.4, 0.5) is 0 Å². The second-order valence-corrected chi connectivity index (χ2v) is 12.9. The van der Waals surface area contributed by atoms with Crippen LogP contribution in [0.25, 0.3) is 33.5 Å². The monoisotopic (exact) mass is 659 g/mol. The van der Waals surface area contributed by atoms with Crippen LogP contribution in [0.5, 0.6) is 0 Å². The van der Waals surface area contributed by atoms with Crippen molar-refractivity contribution < 1.29 is 0 Å². The lowest BCUT2D eigenvalue weighted by molar-refractivity contribution is 0.347. The van der Waals surface area contributed by atoms with E-state index >= 15 is 0 Å². The van der Waals surface area contributed by atoms with Crippen LogP contribution in [0.1, 0.15) is 46.0 Å². The lowest BCUT2D eigenvalue weighted by Gasteiger charge is -2.28. The molecular formula is C46H37N5. The van der Waals surface area contributed by atoms with Gasteiger partial charge in [0.25, 0.3) is 0 Å². The van der Waals surface area contributed by atoms with E-state index in [2.05, 4.69) is 114 Å². The van der Waals surface area contributed by atoms with E-state index in [0.29, 0.717) is 5.71 Å². The minimum absolute atomic E-state index is 0.194. The number of benzene rings is 5. The first-order chi connectivity index (χ1) is 25.1. The first kappa shape index (κ1) is 31.8. The third-order valence-corrected chi connectivity index (χ3v) is 9.53. The van der Waals surface area contributed by atoms with E-state index in [1.54, 1.807) is 0 Å². The molecule has 0 saturated carbocycles. The minimum atomic E-state index is -0.194. The van der Waals surface area contributed by atoms with Crippen LogP contribution in [0.3, 0.4) is 0 Å². The summed E-state index contributed by atoms with van der Waals surface area (Å²) in [6.45, 7) is 0. The molecule has 0 unspecified atom stereocenters. The van der Waals surface area contributed by atoms with E-state index in [1.165, 1.54) is 5.56 Å². The van der Waals surface area contributed by atoms with Crippen molar-refractivity contribution >= 4 is 29.3 Å². The quantitative estimate of drug-likeness (QED) is 0.165. The minimum Gasteiger partial charge on any atom is -0.355 e. The summed E-state index contributed by atoms with van der Waals surface area (Å²) in [6, 6.07) is 49.9. The van der Waals surface area contributed by atoms with Crippen molar-refractivity contribution in [1.29, 1.82) is 5.41 Å². The number of aryl methyl sites for hydroxylation is 1. The Balaban J connectivity index is 1.20. The Hall–Kier alpha value is -6.46.